The fourth-order valence-corrected chi connectivity index (χ4v) is 3.98. The summed E-state index contributed by atoms with van der Waals surface area (Å²) in [6.45, 7) is 7.91. The number of aromatic nitrogens is 1. The van der Waals surface area contributed by atoms with E-state index in [2.05, 4.69) is 25.4 Å². The average molecular weight is 452 g/mol. The van der Waals surface area contributed by atoms with Crippen LogP contribution in [0, 0.1) is 13.8 Å². The third kappa shape index (κ3) is 6.76. The highest BCUT2D eigenvalue weighted by Crippen LogP contribution is 2.27. The van der Waals surface area contributed by atoms with Crippen molar-refractivity contribution >= 4 is 29.0 Å². The molecule has 0 atom stereocenters. The number of ether oxygens (including phenoxy) is 1. The second kappa shape index (κ2) is 10.8. The number of benzene rings is 1. The molecular weight excluding hydrogens is 418 g/mol. The van der Waals surface area contributed by atoms with Crippen LogP contribution in [0.3, 0.4) is 0 Å². The highest BCUT2D eigenvalue weighted by molar-refractivity contribution is 5.93. The number of carbonyl (C=O) groups is 2. The Balaban J connectivity index is 1.25. The maximum atomic E-state index is 12.6. The van der Waals surface area contributed by atoms with Gasteiger partial charge in [0.2, 0.25) is 11.8 Å². The third-order valence-corrected chi connectivity index (χ3v) is 6.07. The number of morpholine rings is 1. The molecule has 1 aliphatic carbocycles. The van der Waals surface area contributed by atoms with E-state index in [0.29, 0.717) is 44.5 Å². The molecule has 2 amide bonds. The van der Waals surface area contributed by atoms with E-state index in [1.165, 1.54) is 0 Å². The minimum atomic E-state index is -0.0727. The van der Waals surface area contributed by atoms with Crippen LogP contribution in [0.5, 0.6) is 0 Å². The van der Waals surface area contributed by atoms with E-state index < -0.39 is 0 Å². The number of aryl methyl sites for hydroxylation is 2. The molecule has 0 bridgehead atoms. The lowest BCUT2D eigenvalue weighted by Crippen LogP contribution is -2.37. The Kier molecular flexibility index (Phi) is 7.57. The zero-order chi connectivity index (χ0) is 23.2. The predicted octanol–water partition coefficient (Wildman–Crippen LogP) is 2.97. The van der Waals surface area contributed by atoms with Crippen molar-refractivity contribution in [1.82, 2.24) is 9.88 Å². The molecule has 2 aromatic rings. The van der Waals surface area contributed by atoms with Gasteiger partial charge in [0.05, 0.1) is 31.6 Å². The SMILES string of the molecule is Cc1ccc(C)c(NC(=O)CN(CCC(=O)Nc2ccc(N3CCOCC3)nc2)C2CC2)c1. The number of nitrogens with one attached hydrogen (secondary N) is 2. The number of amides is 2. The Morgan fingerprint density at radius 3 is 2.58 bits per heavy atom. The third-order valence-electron chi connectivity index (χ3n) is 6.07. The molecule has 0 spiro atoms. The van der Waals surface area contributed by atoms with Gasteiger partial charge >= 0.3 is 0 Å². The van der Waals surface area contributed by atoms with Crippen molar-refractivity contribution in [3.63, 3.8) is 0 Å². The number of hydrogen-bond donors (Lipinski definition) is 2. The van der Waals surface area contributed by atoms with Crippen molar-refractivity contribution in [2.75, 3.05) is 54.9 Å². The van der Waals surface area contributed by atoms with E-state index in [9.17, 15) is 9.59 Å². The molecule has 1 saturated heterocycles. The molecule has 8 heteroatoms. The van der Waals surface area contributed by atoms with Crippen molar-refractivity contribution < 1.29 is 14.3 Å². The zero-order valence-electron chi connectivity index (χ0n) is 19.5. The quantitative estimate of drug-likeness (QED) is 0.610. The van der Waals surface area contributed by atoms with E-state index in [1.807, 2.05) is 44.2 Å². The summed E-state index contributed by atoms with van der Waals surface area (Å²) in [5.74, 6) is 0.779. The van der Waals surface area contributed by atoms with Gasteiger partial charge in [-0.1, -0.05) is 12.1 Å². The smallest absolute Gasteiger partial charge is 0.238 e. The van der Waals surface area contributed by atoms with Gasteiger partial charge in [-0.2, -0.15) is 0 Å². The molecule has 2 N–H and O–H groups in total. The summed E-state index contributed by atoms with van der Waals surface area (Å²) in [5, 5.41) is 5.94. The molecule has 1 aliphatic heterocycles. The van der Waals surface area contributed by atoms with E-state index in [1.54, 1.807) is 6.20 Å². The molecule has 0 radical (unpaired) electrons. The Hall–Kier alpha value is -2.97. The summed E-state index contributed by atoms with van der Waals surface area (Å²) in [4.78, 5) is 33.9. The molecule has 8 nitrogen and oxygen atoms in total. The van der Waals surface area contributed by atoms with E-state index >= 15 is 0 Å². The van der Waals surface area contributed by atoms with Crippen LogP contribution >= 0.6 is 0 Å². The molecule has 4 rings (SSSR count). The normalized spacial score (nSPS) is 16.0. The van der Waals surface area contributed by atoms with Crippen LogP contribution in [0.4, 0.5) is 17.2 Å². The molecule has 176 valence electrons. The molecule has 1 aromatic heterocycles. The van der Waals surface area contributed by atoms with E-state index in [0.717, 1.165) is 48.6 Å². The lowest BCUT2D eigenvalue weighted by molar-refractivity contribution is -0.119. The predicted molar refractivity (Wildman–Crippen MR) is 130 cm³/mol. The van der Waals surface area contributed by atoms with Crippen LogP contribution in [0.2, 0.25) is 0 Å². The monoisotopic (exact) mass is 451 g/mol. The van der Waals surface area contributed by atoms with Crippen LogP contribution in [-0.4, -0.2) is 67.1 Å². The van der Waals surface area contributed by atoms with Gasteiger partial charge in [-0.05, 0) is 56.0 Å². The average Bonchev–Trinajstić information content (AvgIpc) is 3.66. The first-order valence-corrected chi connectivity index (χ1v) is 11.7. The first-order valence-electron chi connectivity index (χ1n) is 11.7. The van der Waals surface area contributed by atoms with Crippen molar-refractivity contribution in [1.29, 1.82) is 0 Å². The van der Waals surface area contributed by atoms with Crippen molar-refractivity contribution in [3.8, 4) is 0 Å². The molecule has 1 aromatic carbocycles. The summed E-state index contributed by atoms with van der Waals surface area (Å²) in [6.07, 6.45) is 4.17. The van der Waals surface area contributed by atoms with Gasteiger partial charge in [-0.3, -0.25) is 14.5 Å². The Bertz CT molecular complexity index is 969. The minimum absolute atomic E-state index is 0.0427. The Morgan fingerprint density at radius 1 is 1.09 bits per heavy atom. The molecule has 33 heavy (non-hydrogen) atoms. The number of nitrogens with zero attached hydrogens (tertiary/aromatic N) is 3. The van der Waals surface area contributed by atoms with Crippen LogP contribution in [0.25, 0.3) is 0 Å². The van der Waals surface area contributed by atoms with Gasteiger partial charge in [-0.15, -0.1) is 0 Å². The topological polar surface area (TPSA) is 86.8 Å². The summed E-state index contributed by atoms with van der Waals surface area (Å²) in [6, 6.07) is 10.2. The fourth-order valence-electron chi connectivity index (χ4n) is 3.98. The van der Waals surface area contributed by atoms with Crippen LogP contribution in [-0.2, 0) is 14.3 Å². The first kappa shape index (κ1) is 23.2. The minimum Gasteiger partial charge on any atom is -0.378 e. The first-order chi connectivity index (χ1) is 16.0. The van der Waals surface area contributed by atoms with E-state index in [4.69, 9.17) is 4.74 Å². The second-order valence-electron chi connectivity index (χ2n) is 8.87. The van der Waals surface area contributed by atoms with Crippen LogP contribution < -0.4 is 15.5 Å². The fraction of sp³-hybridized carbons (Fsp3) is 0.480. The van der Waals surface area contributed by atoms with Gasteiger partial charge < -0.3 is 20.3 Å². The molecule has 2 heterocycles. The van der Waals surface area contributed by atoms with E-state index in [-0.39, 0.29) is 11.8 Å². The summed E-state index contributed by atoms with van der Waals surface area (Å²) >= 11 is 0. The van der Waals surface area contributed by atoms with Crippen molar-refractivity contribution in [3.05, 3.63) is 47.7 Å². The van der Waals surface area contributed by atoms with Gasteiger partial charge in [0, 0.05) is 37.8 Å². The number of hydrogen-bond acceptors (Lipinski definition) is 6. The van der Waals surface area contributed by atoms with Crippen molar-refractivity contribution in [2.45, 2.75) is 39.2 Å². The standard InChI is InChI=1S/C25H33N5O3/c1-18-3-4-19(2)22(15-18)28-25(32)17-30(21-6-7-21)10-9-24(31)27-20-5-8-23(26-16-20)29-11-13-33-14-12-29/h3-5,8,15-16,21H,6-7,9-14,17H2,1-2H3,(H,27,31)(H,28,32). The maximum absolute atomic E-state index is 12.6. The molecular formula is C25H33N5O3. The zero-order valence-corrected chi connectivity index (χ0v) is 19.5. The van der Waals surface area contributed by atoms with Gasteiger partial charge in [-0.25, -0.2) is 4.98 Å². The molecule has 0 unspecified atom stereocenters. The lowest BCUT2D eigenvalue weighted by Gasteiger charge is -2.27. The Morgan fingerprint density at radius 2 is 1.88 bits per heavy atom. The highest BCUT2D eigenvalue weighted by Gasteiger charge is 2.30. The number of rotatable bonds is 9. The summed E-state index contributed by atoms with van der Waals surface area (Å²) in [5.41, 5.74) is 3.68. The number of anilines is 3. The second-order valence-corrected chi connectivity index (χ2v) is 8.87. The van der Waals surface area contributed by atoms with Gasteiger partial charge in [0.15, 0.2) is 0 Å². The van der Waals surface area contributed by atoms with Crippen LogP contribution in [0.1, 0.15) is 30.4 Å². The summed E-state index contributed by atoms with van der Waals surface area (Å²) < 4.78 is 5.37. The highest BCUT2D eigenvalue weighted by atomic mass is 16.5. The molecule has 1 saturated carbocycles. The van der Waals surface area contributed by atoms with Crippen molar-refractivity contribution in [2.24, 2.45) is 0 Å². The largest absolute Gasteiger partial charge is 0.378 e. The number of pyridine rings is 1. The summed E-state index contributed by atoms with van der Waals surface area (Å²) in [7, 11) is 0. The molecule has 2 fully saturated rings. The van der Waals surface area contributed by atoms with Gasteiger partial charge in [0.25, 0.3) is 0 Å². The Labute approximate surface area is 195 Å². The van der Waals surface area contributed by atoms with Gasteiger partial charge in [0.1, 0.15) is 5.82 Å². The van der Waals surface area contributed by atoms with Crippen LogP contribution in [0.15, 0.2) is 36.5 Å². The number of carbonyl (C=O) groups excluding carboxylic acids is 2. The molecule has 2 aliphatic rings. The maximum Gasteiger partial charge on any atom is 0.238 e. The lowest BCUT2D eigenvalue weighted by atomic mass is 10.1.